The largest absolute Gasteiger partial charge is 0.477 e. The summed E-state index contributed by atoms with van der Waals surface area (Å²) in [5.41, 5.74) is -1.01. The number of hydrogen-bond donors (Lipinski definition) is 2. The first-order valence-electron chi connectivity index (χ1n) is 5.53. The van der Waals surface area contributed by atoms with Crippen LogP contribution in [0.5, 0.6) is 0 Å². The van der Waals surface area contributed by atoms with E-state index < -0.39 is 22.8 Å². The van der Waals surface area contributed by atoms with Gasteiger partial charge in [-0.3, -0.25) is 19.0 Å². The van der Waals surface area contributed by atoms with Crippen molar-refractivity contribution in [2.75, 3.05) is 0 Å². The molecule has 2 aromatic heterocycles. The van der Waals surface area contributed by atoms with Crippen LogP contribution in [0.25, 0.3) is 0 Å². The number of hydrogen-bond acceptors (Lipinski definition) is 4. The van der Waals surface area contributed by atoms with E-state index >= 15 is 0 Å². The van der Waals surface area contributed by atoms with Gasteiger partial charge in [0.2, 0.25) is 0 Å². The Morgan fingerprint density at radius 1 is 1.37 bits per heavy atom. The highest BCUT2D eigenvalue weighted by molar-refractivity contribution is 5.86. The lowest BCUT2D eigenvalue weighted by atomic mass is 10.3. The Labute approximate surface area is 106 Å². The highest BCUT2D eigenvalue weighted by Crippen LogP contribution is 1.95. The molecule has 0 saturated heterocycles. The molecule has 0 aliphatic carbocycles. The molecular weight excluding hydrogens is 252 g/mol. The number of aromatic amines is 1. The van der Waals surface area contributed by atoms with Crippen molar-refractivity contribution in [2.24, 2.45) is 0 Å². The third kappa shape index (κ3) is 2.79. The Morgan fingerprint density at radius 2 is 2.11 bits per heavy atom. The number of aromatic carboxylic acids is 1. The second-order valence-corrected chi connectivity index (χ2v) is 4.08. The number of rotatable bonds is 4. The van der Waals surface area contributed by atoms with Crippen molar-refractivity contribution in [1.82, 2.24) is 19.3 Å². The van der Waals surface area contributed by atoms with Crippen LogP contribution < -0.4 is 11.2 Å². The number of aryl methyl sites for hydroxylation is 3. The third-order valence-corrected chi connectivity index (χ3v) is 2.57. The minimum absolute atomic E-state index is 0.219. The Hall–Kier alpha value is -2.64. The predicted molar refractivity (Wildman–Crippen MR) is 65.2 cm³/mol. The normalized spacial score (nSPS) is 10.6. The van der Waals surface area contributed by atoms with Gasteiger partial charge in [-0.05, 0) is 12.5 Å². The molecule has 100 valence electrons. The number of nitrogens with one attached hydrogen (secondary N) is 1. The lowest BCUT2D eigenvalue weighted by molar-refractivity contribution is 0.0693. The van der Waals surface area contributed by atoms with Crippen LogP contribution in [0, 0.1) is 6.92 Å². The van der Waals surface area contributed by atoms with Crippen LogP contribution in [0.3, 0.4) is 0 Å². The summed E-state index contributed by atoms with van der Waals surface area (Å²) in [4.78, 5) is 35.6. The van der Waals surface area contributed by atoms with Crippen LogP contribution in [-0.4, -0.2) is 30.4 Å². The summed E-state index contributed by atoms with van der Waals surface area (Å²) in [7, 11) is 0. The van der Waals surface area contributed by atoms with E-state index in [1.54, 1.807) is 17.1 Å². The molecule has 0 saturated carbocycles. The number of nitrogens with zero attached hydrogens (tertiary/aromatic N) is 3. The third-order valence-electron chi connectivity index (χ3n) is 2.57. The van der Waals surface area contributed by atoms with Crippen LogP contribution in [-0.2, 0) is 13.1 Å². The molecule has 0 aliphatic rings. The van der Waals surface area contributed by atoms with Crippen molar-refractivity contribution in [1.29, 1.82) is 0 Å². The molecular formula is C11H12N4O4. The van der Waals surface area contributed by atoms with Crippen LogP contribution >= 0.6 is 0 Å². The lowest BCUT2D eigenvalue weighted by Gasteiger charge is -2.06. The zero-order valence-electron chi connectivity index (χ0n) is 10.2. The molecule has 0 fully saturated rings. The fourth-order valence-electron chi connectivity index (χ4n) is 1.63. The molecule has 2 rings (SSSR count). The van der Waals surface area contributed by atoms with Gasteiger partial charge in [0, 0.05) is 18.9 Å². The topological polar surface area (TPSA) is 110 Å². The molecule has 8 nitrogen and oxygen atoms in total. The molecule has 0 atom stereocenters. The maximum Gasteiger partial charge on any atom is 0.342 e. The highest BCUT2D eigenvalue weighted by atomic mass is 16.4. The molecule has 0 spiro atoms. The Bertz CT molecular complexity index is 725. The average Bonchev–Trinajstić information content (AvgIpc) is 2.73. The number of carboxylic acids is 1. The van der Waals surface area contributed by atoms with E-state index in [1.165, 1.54) is 0 Å². The number of carboxylic acid groups (broad SMARTS) is 1. The van der Waals surface area contributed by atoms with Gasteiger partial charge in [0.15, 0.2) is 0 Å². The standard InChI is InChI=1S/C11H12N4O4/c1-7-4-12-15(5-7)3-2-14-6-8(10(17)18)9(16)13-11(14)19/h4-6H,2-3H2,1H3,(H,17,18)(H,13,16,19). The summed E-state index contributed by atoms with van der Waals surface area (Å²) in [5.74, 6) is -1.37. The van der Waals surface area contributed by atoms with Crippen molar-refractivity contribution in [3.8, 4) is 0 Å². The second kappa shape index (κ2) is 4.92. The average molecular weight is 264 g/mol. The first-order valence-corrected chi connectivity index (χ1v) is 5.53. The van der Waals surface area contributed by atoms with Crippen molar-refractivity contribution in [2.45, 2.75) is 20.0 Å². The van der Waals surface area contributed by atoms with E-state index in [2.05, 4.69) is 5.10 Å². The highest BCUT2D eigenvalue weighted by Gasteiger charge is 2.11. The molecule has 2 N–H and O–H groups in total. The fourth-order valence-corrected chi connectivity index (χ4v) is 1.63. The van der Waals surface area contributed by atoms with Gasteiger partial charge in [-0.25, -0.2) is 9.59 Å². The zero-order valence-corrected chi connectivity index (χ0v) is 10.2. The van der Waals surface area contributed by atoms with Crippen molar-refractivity contribution in [3.63, 3.8) is 0 Å². The van der Waals surface area contributed by atoms with Gasteiger partial charge in [-0.15, -0.1) is 0 Å². The first-order chi connectivity index (χ1) is 8.97. The molecule has 0 bridgehead atoms. The van der Waals surface area contributed by atoms with Crippen molar-refractivity contribution >= 4 is 5.97 Å². The summed E-state index contributed by atoms with van der Waals surface area (Å²) in [5, 5.41) is 12.9. The monoisotopic (exact) mass is 264 g/mol. The van der Waals surface area contributed by atoms with Gasteiger partial charge in [-0.1, -0.05) is 0 Å². The lowest BCUT2D eigenvalue weighted by Crippen LogP contribution is -2.34. The molecule has 0 unspecified atom stereocenters. The van der Waals surface area contributed by atoms with Crippen LogP contribution in [0.1, 0.15) is 15.9 Å². The van der Waals surface area contributed by atoms with Crippen molar-refractivity contribution in [3.05, 3.63) is 50.6 Å². The molecule has 0 aliphatic heterocycles. The zero-order chi connectivity index (χ0) is 14.0. The van der Waals surface area contributed by atoms with Gasteiger partial charge < -0.3 is 5.11 Å². The van der Waals surface area contributed by atoms with E-state index in [9.17, 15) is 14.4 Å². The summed E-state index contributed by atoms with van der Waals surface area (Å²) >= 11 is 0. The quantitative estimate of drug-likeness (QED) is 0.769. The smallest absolute Gasteiger partial charge is 0.342 e. The van der Waals surface area contributed by atoms with Gasteiger partial charge >= 0.3 is 11.7 Å². The summed E-state index contributed by atoms with van der Waals surface area (Å²) in [6.07, 6.45) is 4.52. The van der Waals surface area contributed by atoms with Gasteiger partial charge in [-0.2, -0.15) is 5.10 Å². The van der Waals surface area contributed by atoms with E-state index in [1.807, 2.05) is 11.9 Å². The molecule has 0 amide bonds. The molecule has 0 radical (unpaired) electrons. The summed E-state index contributed by atoms with van der Waals surface area (Å²) < 4.78 is 2.77. The number of H-pyrrole nitrogens is 1. The Balaban J connectivity index is 2.25. The maximum atomic E-state index is 11.5. The van der Waals surface area contributed by atoms with E-state index in [-0.39, 0.29) is 6.54 Å². The molecule has 8 heteroatoms. The fraction of sp³-hybridized carbons (Fsp3) is 0.273. The van der Waals surface area contributed by atoms with Crippen LogP contribution in [0.15, 0.2) is 28.2 Å². The van der Waals surface area contributed by atoms with E-state index in [4.69, 9.17) is 5.11 Å². The van der Waals surface area contributed by atoms with E-state index in [0.717, 1.165) is 16.3 Å². The van der Waals surface area contributed by atoms with Gasteiger partial charge in [0.25, 0.3) is 5.56 Å². The minimum Gasteiger partial charge on any atom is -0.477 e. The van der Waals surface area contributed by atoms with E-state index in [0.29, 0.717) is 6.54 Å². The minimum atomic E-state index is -1.37. The number of aromatic nitrogens is 4. The molecule has 2 heterocycles. The predicted octanol–water partition coefficient (Wildman–Crippen LogP) is -0.560. The Morgan fingerprint density at radius 3 is 2.68 bits per heavy atom. The van der Waals surface area contributed by atoms with Crippen molar-refractivity contribution < 1.29 is 9.90 Å². The van der Waals surface area contributed by atoms with Gasteiger partial charge in [0.1, 0.15) is 5.56 Å². The van der Waals surface area contributed by atoms with Crippen LogP contribution in [0.2, 0.25) is 0 Å². The molecule has 19 heavy (non-hydrogen) atoms. The second-order valence-electron chi connectivity index (χ2n) is 4.08. The Kier molecular flexibility index (Phi) is 3.32. The maximum absolute atomic E-state index is 11.5. The number of carbonyl (C=O) groups is 1. The van der Waals surface area contributed by atoms with Crippen LogP contribution in [0.4, 0.5) is 0 Å². The summed E-state index contributed by atoms with van der Waals surface area (Å²) in [6.45, 7) is 2.51. The first kappa shape index (κ1) is 12.8. The molecule has 2 aromatic rings. The molecule has 0 aromatic carbocycles. The summed E-state index contributed by atoms with van der Waals surface area (Å²) in [6, 6.07) is 0. The SMILES string of the molecule is Cc1cnn(CCn2cc(C(=O)O)c(=O)[nH]c2=O)c1. The van der Waals surface area contributed by atoms with Gasteiger partial charge in [0.05, 0.1) is 12.7 Å².